The van der Waals surface area contributed by atoms with Crippen LogP contribution in [0, 0.1) is 0 Å². The Kier molecular flexibility index (Phi) is 5.89. The fraction of sp³-hybridized carbons (Fsp3) is 0. The zero-order valence-corrected chi connectivity index (χ0v) is 27.2. The quantitative estimate of drug-likeness (QED) is 0.190. The molecule has 7 aromatic carbocycles. The van der Waals surface area contributed by atoms with E-state index in [9.17, 15) is 0 Å². The van der Waals surface area contributed by atoms with Crippen LogP contribution in [-0.4, -0.2) is 14.5 Å². The van der Waals surface area contributed by atoms with Gasteiger partial charge in [0, 0.05) is 49.3 Å². The first-order chi connectivity index (χ1) is 25.3. The summed E-state index contributed by atoms with van der Waals surface area (Å²) in [5.74, 6) is 0.657. The fourth-order valence-electron chi connectivity index (χ4n) is 7.73. The Bertz CT molecular complexity index is 3130. The van der Waals surface area contributed by atoms with E-state index in [-0.39, 0.29) is 0 Å². The predicted octanol–water partition coefficient (Wildman–Crippen LogP) is 12.4. The maximum Gasteiger partial charge on any atom is 0.161 e. The lowest BCUT2D eigenvalue weighted by Crippen LogP contribution is -1.97. The van der Waals surface area contributed by atoms with Gasteiger partial charge in [-0.25, -0.2) is 9.97 Å². The zero-order valence-electron chi connectivity index (χ0n) is 27.2. The normalized spacial score (nSPS) is 11.9. The van der Waals surface area contributed by atoms with Crippen LogP contribution < -0.4 is 0 Å². The van der Waals surface area contributed by atoms with Crippen molar-refractivity contribution in [1.29, 1.82) is 0 Å². The maximum absolute atomic E-state index is 6.51. The smallest absolute Gasteiger partial charge is 0.161 e. The van der Waals surface area contributed by atoms with Crippen molar-refractivity contribution >= 4 is 65.7 Å². The first-order valence-corrected chi connectivity index (χ1v) is 17.1. The van der Waals surface area contributed by atoms with Crippen molar-refractivity contribution in [3.63, 3.8) is 0 Å². The average molecular weight is 654 g/mol. The molecule has 0 saturated carbocycles. The van der Waals surface area contributed by atoms with Crippen molar-refractivity contribution < 1.29 is 8.83 Å². The molecule has 0 aliphatic heterocycles. The summed E-state index contributed by atoms with van der Waals surface area (Å²) < 4.78 is 15.1. The third-order valence-corrected chi connectivity index (χ3v) is 10.0. The highest BCUT2D eigenvalue weighted by Gasteiger charge is 2.20. The first-order valence-electron chi connectivity index (χ1n) is 17.1. The highest BCUT2D eigenvalue weighted by Crippen LogP contribution is 2.41. The molecule has 51 heavy (non-hydrogen) atoms. The Morgan fingerprint density at radius 2 is 1.06 bits per heavy atom. The molecule has 4 heterocycles. The van der Waals surface area contributed by atoms with Gasteiger partial charge in [0.15, 0.2) is 5.82 Å². The average Bonchev–Trinajstić information content (AvgIpc) is 3.88. The van der Waals surface area contributed by atoms with Crippen LogP contribution in [0.2, 0.25) is 0 Å². The van der Waals surface area contributed by atoms with Crippen molar-refractivity contribution in [2.45, 2.75) is 0 Å². The standard InChI is InChI=1S/C46H27N3O2/c1-2-11-28(12-3-1)36-27-37(48-46(47-36)35-16-10-20-42-43(35)34-15-6-9-19-41(34)50-42)29-21-23-30(24-22-29)49-38-17-7-4-14-33(38)44-39(49)26-25-32-31-13-5-8-18-40(31)51-45(32)44/h1-27H. The summed E-state index contributed by atoms with van der Waals surface area (Å²) in [4.78, 5) is 10.3. The minimum atomic E-state index is 0.657. The van der Waals surface area contributed by atoms with Gasteiger partial charge in [-0.3, -0.25) is 0 Å². The minimum absolute atomic E-state index is 0.657. The van der Waals surface area contributed by atoms with Gasteiger partial charge in [-0.05, 0) is 54.6 Å². The first kappa shape index (κ1) is 27.9. The molecule has 5 nitrogen and oxygen atoms in total. The second-order valence-corrected chi connectivity index (χ2v) is 12.9. The second kappa shape index (κ2) is 10.8. The summed E-state index contributed by atoms with van der Waals surface area (Å²) in [5, 5.41) is 6.61. The van der Waals surface area contributed by atoms with Crippen LogP contribution in [0.5, 0.6) is 0 Å². The van der Waals surface area contributed by atoms with Gasteiger partial charge >= 0.3 is 0 Å². The van der Waals surface area contributed by atoms with Crippen molar-refractivity contribution in [1.82, 2.24) is 14.5 Å². The van der Waals surface area contributed by atoms with Crippen molar-refractivity contribution in [2.75, 3.05) is 0 Å². The molecular weight excluding hydrogens is 627 g/mol. The number of furan rings is 2. The Labute approximate surface area is 291 Å². The zero-order chi connectivity index (χ0) is 33.5. The van der Waals surface area contributed by atoms with Gasteiger partial charge in [0.2, 0.25) is 0 Å². The lowest BCUT2D eigenvalue weighted by molar-refractivity contribution is 0.669. The van der Waals surface area contributed by atoms with E-state index in [0.29, 0.717) is 5.82 Å². The van der Waals surface area contributed by atoms with Crippen LogP contribution in [0.4, 0.5) is 0 Å². The summed E-state index contributed by atoms with van der Waals surface area (Å²) >= 11 is 0. The van der Waals surface area contributed by atoms with E-state index in [1.54, 1.807) is 0 Å². The Balaban J connectivity index is 1.09. The third kappa shape index (κ3) is 4.22. The number of rotatable bonds is 4. The van der Waals surface area contributed by atoms with E-state index in [2.05, 4.69) is 108 Å². The fourth-order valence-corrected chi connectivity index (χ4v) is 7.73. The summed E-state index contributed by atoms with van der Waals surface area (Å²) in [6.45, 7) is 0. The molecule has 11 rings (SSSR count). The largest absolute Gasteiger partial charge is 0.456 e. The number of hydrogen-bond donors (Lipinski definition) is 0. The number of aromatic nitrogens is 3. The molecule has 4 aromatic heterocycles. The van der Waals surface area contributed by atoms with E-state index in [1.807, 2.05) is 60.7 Å². The van der Waals surface area contributed by atoms with Crippen LogP contribution in [0.25, 0.3) is 105 Å². The number of para-hydroxylation sites is 3. The predicted molar refractivity (Wildman–Crippen MR) is 207 cm³/mol. The summed E-state index contributed by atoms with van der Waals surface area (Å²) in [7, 11) is 0. The summed E-state index contributed by atoms with van der Waals surface area (Å²) in [6, 6.07) is 56.5. The Morgan fingerprint density at radius 3 is 1.86 bits per heavy atom. The van der Waals surface area contributed by atoms with Gasteiger partial charge < -0.3 is 13.4 Å². The van der Waals surface area contributed by atoms with E-state index in [0.717, 1.165) is 99.4 Å². The van der Waals surface area contributed by atoms with Crippen LogP contribution >= 0.6 is 0 Å². The molecule has 0 atom stereocenters. The number of fused-ring (bicyclic) bond motifs is 10. The van der Waals surface area contributed by atoms with Gasteiger partial charge in [0.25, 0.3) is 0 Å². The van der Waals surface area contributed by atoms with E-state index < -0.39 is 0 Å². The Morgan fingerprint density at radius 1 is 0.412 bits per heavy atom. The SMILES string of the molecule is c1ccc(-c2cc(-c3ccc(-n4c5ccccc5c5c6oc7ccccc7c6ccc54)cc3)nc(-c3cccc4oc5ccccc5c34)n2)cc1. The molecule has 238 valence electrons. The molecular formula is C46H27N3O2. The molecule has 0 unspecified atom stereocenters. The van der Waals surface area contributed by atoms with E-state index in [4.69, 9.17) is 18.8 Å². The molecule has 0 radical (unpaired) electrons. The molecule has 11 aromatic rings. The van der Waals surface area contributed by atoms with Gasteiger partial charge in [0.05, 0.1) is 27.8 Å². The van der Waals surface area contributed by atoms with Crippen molar-refractivity contribution in [2.24, 2.45) is 0 Å². The highest BCUT2D eigenvalue weighted by molar-refractivity contribution is 6.23. The van der Waals surface area contributed by atoms with Crippen LogP contribution in [0.15, 0.2) is 173 Å². The molecule has 0 fully saturated rings. The molecule has 5 heteroatoms. The van der Waals surface area contributed by atoms with Gasteiger partial charge in [-0.1, -0.05) is 109 Å². The van der Waals surface area contributed by atoms with Crippen molar-refractivity contribution in [3.8, 4) is 39.6 Å². The Hall–Kier alpha value is -6.98. The van der Waals surface area contributed by atoms with E-state index in [1.165, 1.54) is 0 Å². The van der Waals surface area contributed by atoms with Crippen LogP contribution in [0.1, 0.15) is 0 Å². The number of hydrogen-bond acceptors (Lipinski definition) is 4. The summed E-state index contributed by atoms with van der Waals surface area (Å²) in [6.07, 6.45) is 0. The molecule has 0 spiro atoms. The van der Waals surface area contributed by atoms with Gasteiger partial charge in [0.1, 0.15) is 22.3 Å². The topological polar surface area (TPSA) is 57.0 Å². The number of nitrogens with zero attached hydrogens (tertiary/aromatic N) is 3. The van der Waals surface area contributed by atoms with Crippen LogP contribution in [0.3, 0.4) is 0 Å². The minimum Gasteiger partial charge on any atom is -0.456 e. The third-order valence-electron chi connectivity index (χ3n) is 10.0. The number of benzene rings is 7. The molecule has 0 aliphatic carbocycles. The maximum atomic E-state index is 6.51. The monoisotopic (exact) mass is 653 g/mol. The molecule has 0 aliphatic rings. The van der Waals surface area contributed by atoms with Gasteiger partial charge in [-0.2, -0.15) is 0 Å². The van der Waals surface area contributed by atoms with E-state index >= 15 is 0 Å². The molecule has 0 amide bonds. The molecule has 0 saturated heterocycles. The lowest BCUT2D eigenvalue weighted by Gasteiger charge is -2.12. The molecule has 0 N–H and O–H groups in total. The second-order valence-electron chi connectivity index (χ2n) is 12.9. The molecule has 0 bridgehead atoms. The lowest BCUT2D eigenvalue weighted by atomic mass is 10.0. The highest BCUT2D eigenvalue weighted by atomic mass is 16.3. The summed E-state index contributed by atoms with van der Waals surface area (Å²) in [5.41, 5.74) is 11.5. The van der Waals surface area contributed by atoms with Crippen molar-refractivity contribution in [3.05, 3.63) is 164 Å². The van der Waals surface area contributed by atoms with Crippen LogP contribution in [-0.2, 0) is 0 Å². The van der Waals surface area contributed by atoms with Gasteiger partial charge in [-0.15, -0.1) is 0 Å².